The number of hydrogen-bond acceptors (Lipinski definition) is 2. The molecule has 0 aromatic carbocycles. The van der Waals surface area contributed by atoms with Crippen LogP contribution in [0.3, 0.4) is 0 Å². The van der Waals surface area contributed by atoms with Gasteiger partial charge in [-0.1, -0.05) is 0 Å². The number of nitrogens with zero attached hydrogens (tertiary/aromatic N) is 2. The van der Waals surface area contributed by atoms with Gasteiger partial charge in [-0.3, -0.25) is 0 Å². The topological polar surface area (TPSA) is 40.5 Å². The maximum atomic E-state index is 9.91. The smallest absolute Gasteiger partial charge is 0.129 e. The van der Waals surface area contributed by atoms with Gasteiger partial charge in [0, 0.05) is 0 Å². The molecular formula is C14H28N2O2+2. The van der Waals surface area contributed by atoms with E-state index in [2.05, 4.69) is 0 Å². The molecule has 104 valence electrons. The highest BCUT2D eigenvalue weighted by Gasteiger charge is 2.46. The van der Waals surface area contributed by atoms with Crippen LogP contribution >= 0.6 is 0 Å². The Morgan fingerprint density at radius 1 is 0.611 bits per heavy atom. The molecule has 3 rings (SSSR count). The molecule has 2 unspecified atom stereocenters. The molecule has 0 saturated carbocycles. The average Bonchev–Trinajstić information content (AvgIpc) is 2.34. The molecule has 2 spiro atoms. The predicted octanol–water partition coefficient (Wildman–Crippen LogP) is -0.0570. The molecular weight excluding hydrogens is 228 g/mol. The monoisotopic (exact) mass is 256 g/mol. The summed E-state index contributed by atoms with van der Waals surface area (Å²) in [7, 11) is 0. The van der Waals surface area contributed by atoms with Gasteiger partial charge in [0.05, 0.1) is 13.1 Å². The predicted molar refractivity (Wildman–Crippen MR) is 69.9 cm³/mol. The molecule has 0 bridgehead atoms. The molecule has 3 fully saturated rings. The molecule has 2 N–H and O–H groups in total. The van der Waals surface area contributed by atoms with E-state index in [-0.39, 0.29) is 12.2 Å². The second-order valence-electron chi connectivity index (χ2n) is 6.98. The van der Waals surface area contributed by atoms with Crippen LogP contribution < -0.4 is 0 Å². The largest absolute Gasteiger partial charge is 0.387 e. The van der Waals surface area contributed by atoms with Crippen molar-refractivity contribution in [3.8, 4) is 0 Å². The third-order valence-corrected chi connectivity index (χ3v) is 5.63. The summed E-state index contributed by atoms with van der Waals surface area (Å²) in [5.41, 5.74) is 0. The van der Waals surface area contributed by atoms with Crippen molar-refractivity contribution >= 4 is 0 Å². The number of rotatable bonds is 0. The molecule has 3 aliphatic rings. The van der Waals surface area contributed by atoms with Crippen molar-refractivity contribution in [1.29, 1.82) is 0 Å². The zero-order valence-electron chi connectivity index (χ0n) is 11.4. The number of piperidine rings is 2. The second-order valence-corrected chi connectivity index (χ2v) is 6.98. The third-order valence-electron chi connectivity index (χ3n) is 5.63. The van der Waals surface area contributed by atoms with Crippen LogP contribution in [0.2, 0.25) is 0 Å². The standard InChI is InChI=1S/C14H28N2O2/c17-13-3-1-5-15(11-13)7-9-16(10-8-15)6-2-4-14(18)12-16/h13-14,17-18H,1-12H2/q+2. The van der Waals surface area contributed by atoms with Crippen LogP contribution in [-0.4, -0.2) is 83.7 Å². The zero-order chi connectivity index (χ0) is 12.6. The lowest BCUT2D eigenvalue weighted by Gasteiger charge is -2.53. The minimum atomic E-state index is -0.0720. The van der Waals surface area contributed by atoms with E-state index in [0.29, 0.717) is 0 Å². The summed E-state index contributed by atoms with van der Waals surface area (Å²) in [5.74, 6) is 0. The summed E-state index contributed by atoms with van der Waals surface area (Å²) in [6.07, 6.45) is 4.22. The van der Waals surface area contributed by atoms with E-state index < -0.39 is 0 Å². The van der Waals surface area contributed by atoms with Gasteiger partial charge in [0.2, 0.25) is 0 Å². The lowest BCUT2D eigenvalue weighted by Crippen LogP contribution is -2.71. The molecule has 3 heterocycles. The Balaban J connectivity index is 1.63. The summed E-state index contributed by atoms with van der Waals surface area (Å²) < 4.78 is 2.30. The van der Waals surface area contributed by atoms with E-state index in [9.17, 15) is 10.2 Å². The quantitative estimate of drug-likeness (QED) is 0.596. The summed E-state index contributed by atoms with van der Waals surface area (Å²) in [6.45, 7) is 9.32. The van der Waals surface area contributed by atoms with Crippen molar-refractivity contribution in [3.05, 3.63) is 0 Å². The molecule has 3 aliphatic heterocycles. The van der Waals surface area contributed by atoms with Gasteiger partial charge < -0.3 is 19.2 Å². The summed E-state index contributed by atoms with van der Waals surface area (Å²) >= 11 is 0. The highest BCUT2D eigenvalue weighted by atomic mass is 16.3. The average molecular weight is 256 g/mol. The van der Waals surface area contributed by atoms with E-state index in [4.69, 9.17) is 0 Å². The van der Waals surface area contributed by atoms with Gasteiger partial charge in [-0.15, -0.1) is 0 Å². The molecule has 2 atom stereocenters. The maximum absolute atomic E-state index is 9.91. The van der Waals surface area contributed by atoms with Crippen LogP contribution in [0.1, 0.15) is 25.7 Å². The molecule has 0 amide bonds. The first-order chi connectivity index (χ1) is 8.62. The summed E-state index contributed by atoms with van der Waals surface area (Å²) in [6, 6.07) is 0. The van der Waals surface area contributed by atoms with Gasteiger partial charge in [0.25, 0.3) is 0 Å². The molecule has 0 aromatic heterocycles. The minimum Gasteiger partial charge on any atom is -0.387 e. The molecule has 4 heteroatoms. The number of aliphatic hydroxyl groups is 2. The SMILES string of the molecule is OC1CCC[N+]2(CC[N+]3(CCCC(O)C3)CC2)C1. The Kier molecular flexibility index (Phi) is 3.39. The lowest BCUT2D eigenvalue weighted by molar-refractivity contribution is -1.04. The van der Waals surface area contributed by atoms with E-state index >= 15 is 0 Å². The fraction of sp³-hybridized carbons (Fsp3) is 1.00. The summed E-state index contributed by atoms with van der Waals surface area (Å²) in [5, 5.41) is 19.8. The number of hydrogen-bond donors (Lipinski definition) is 2. The summed E-state index contributed by atoms with van der Waals surface area (Å²) in [4.78, 5) is 0. The zero-order valence-corrected chi connectivity index (χ0v) is 11.4. The van der Waals surface area contributed by atoms with Crippen LogP contribution in [0.5, 0.6) is 0 Å². The van der Waals surface area contributed by atoms with Crippen molar-refractivity contribution in [2.45, 2.75) is 37.9 Å². The fourth-order valence-electron chi connectivity index (χ4n) is 4.47. The Hall–Kier alpha value is -0.160. The van der Waals surface area contributed by atoms with Crippen molar-refractivity contribution in [1.82, 2.24) is 0 Å². The van der Waals surface area contributed by atoms with Crippen molar-refractivity contribution in [3.63, 3.8) is 0 Å². The first-order valence-electron chi connectivity index (χ1n) is 7.68. The number of quaternary nitrogens is 2. The van der Waals surface area contributed by atoms with Gasteiger partial charge >= 0.3 is 0 Å². The van der Waals surface area contributed by atoms with Crippen molar-refractivity contribution in [2.24, 2.45) is 0 Å². The van der Waals surface area contributed by atoms with E-state index in [1.165, 1.54) is 52.1 Å². The van der Waals surface area contributed by atoms with E-state index in [1.54, 1.807) is 0 Å². The molecule has 3 saturated heterocycles. The highest BCUT2D eigenvalue weighted by molar-refractivity contribution is 4.69. The second kappa shape index (κ2) is 4.75. The minimum absolute atomic E-state index is 0.0720. The number of aliphatic hydroxyl groups excluding tert-OH is 2. The fourth-order valence-corrected chi connectivity index (χ4v) is 4.47. The molecule has 4 nitrogen and oxygen atoms in total. The molecule has 0 aliphatic carbocycles. The van der Waals surface area contributed by atoms with E-state index in [1.807, 2.05) is 0 Å². The van der Waals surface area contributed by atoms with Crippen LogP contribution in [0.4, 0.5) is 0 Å². The lowest BCUT2D eigenvalue weighted by atomic mass is 9.99. The first kappa shape index (κ1) is 12.9. The van der Waals surface area contributed by atoms with Crippen molar-refractivity contribution in [2.75, 3.05) is 52.4 Å². The van der Waals surface area contributed by atoms with Crippen LogP contribution in [-0.2, 0) is 0 Å². The third kappa shape index (κ3) is 2.44. The number of piperazine rings is 1. The molecule has 18 heavy (non-hydrogen) atoms. The van der Waals surface area contributed by atoms with Gasteiger partial charge in [-0.2, -0.15) is 0 Å². The van der Waals surface area contributed by atoms with Crippen LogP contribution in [0.15, 0.2) is 0 Å². The van der Waals surface area contributed by atoms with Gasteiger partial charge in [0.1, 0.15) is 51.5 Å². The van der Waals surface area contributed by atoms with Crippen LogP contribution in [0.25, 0.3) is 0 Å². The van der Waals surface area contributed by atoms with Crippen LogP contribution in [0, 0.1) is 0 Å². The van der Waals surface area contributed by atoms with Crippen molar-refractivity contribution < 1.29 is 19.2 Å². The maximum Gasteiger partial charge on any atom is 0.129 e. The van der Waals surface area contributed by atoms with Gasteiger partial charge in [-0.05, 0) is 25.7 Å². The Bertz CT molecular complexity index is 270. The Morgan fingerprint density at radius 3 is 1.33 bits per heavy atom. The Labute approximate surface area is 110 Å². The normalized spacial score (nSPS) is 49.7. The molecule has 0 aromatic rings. The first-order valence-corrected chi connectivity index (χ1v) is 7.68. The Morgan fingerprint density at radius 2 is 1.00 bits per heavy atom. The highest BCUT2D eigenvalue weighted by Crippen LogP contribution is 2.28. The van der Waals surface area contributed by atoms with Gasteiger partial charge in [0.15, 0.2) is 0 Å². The van der Waals surface area contributed by atoms with Gasteiger partial charge in [-0.25, -0.2) is 0 Å². The molecule has 0 radical (unpaired) electrons. The van der Waals surface area contributed by atoms with E-state index in [0.717, 1.165) is 34.9 Å².